The molecule has 0 aliphatic rings. The van der Waals surface area contributed by atoms with Crippen molar-refractivity contribution in [3.8, 4) is 34.1 Å². The van der Waals surface area contributed by atoms with Gasteiger partial charge in [-0.25, -0.2) is 4.79 Å². The van der Waals surface area contributed by atoms with Gasteiger partial charge in [0.1, 0.15) is 11.5 Å². The molecule has 0 fully saturated rings. The fourth-order valence-electron chi connectivity index (χ4n) is 2.74. The van der Waals surface area contributed by atoms with Crippen molar-refractivity contribution in [1.82, 2.24) is 20.5 Å². The molecule has 8 nitrogen and oxygen atoms in total. The van der Waals surface area contributed by atoms with E-state index in [2.05, 4.69) is 20.5 Å². The van der Waals surface area contributed by atoms with Crippen molar-refractivity contribution in [3.05, 3.63) is 78.9 Å². The summed E-state index contributed by atoms with van der Waals surface area (Å²) in [5, 5.41) is 20.2. The molecule has 1 amide bonds. The van der Waals surface area contributed by atoms with Crippen molar-refractivity contribution in [2.45, 2.75) is 6.54 Å². The summed E-state index contributed by atoms with van der Waals surface area (Å²) in [4.78, 5) is 16.3. The summed E-state index contributed by atoms with van der Waals surface area (Å²) in [7, 11) is 0. The van der Waals surface area contributed by atoms with E-state index in [-0.39, 0.29) is 11.5 Å². The minimum atomic E-state index is -0.622. The highest BCUT2D eigenvalue weighted by Gasteiger charge is 2.11. The average Bonchev–Trinajstić information content (AvgIpc) is 3.28. The number of hydrogen-bond acceptors (Lipinski definition) is 7. The van der Waals surface area contributed by atoms with Gasteiger partial charge >= 0.3 is 6.09 Å². The first-order valence-electron chi connectivity index (χ1n) is 8.73. The van der Waals surface area contributed by atoms with Gasteiger partial charge in [0, 0.05) is 30.6 Å². The SMILES string of the molecule is O=C(NCc1ccccc1)Oc1cc(O)cc(-c2cncc(-c3nnco3)c2)c1. The number of benzene rings is 2. The van der Waals surface area contributed by atoms with Gasteiger partial charge in [0.05, 0.1) is 5.56 Å². The topological polar surface area (TPSA) is 110 Å². The molecule has 0 spiro atoms. The molecule has 0 saturated heterocycles. The Bertz CT molecular complexity index is 1110. The third-order valence-electron chi connectivity index (χ3n) is 4.06. The van der Waals surface area contributed by atoms with Gasteiger partial charge in [-0.3, -0.25) is 4.98 Å². The van der Waals surface area contributed by atoms with Gasteiger partial charge in [-0.05, 0) is 29.3 Å². The van der Waals surface area contributed by atoms with Gasteiger partial charge in [-0.15, -0.1) is 10.2 Å². The highest BCUT2D eigenvalue weighted by atomic mass is 16.6. The maximum Gasteiger partial charge on any atom is 0.412 e. The summed E-state index contributed by atoms with van der Waals surface area (Å²) in [6, 6.07) is 15.8. The summed E-state index contributed by atoms with van der Waals surface area (Å²) in [5.41, 5.74) is 2.88. The Kier molecular flexibility index (Phi) is 5.15. The Morgan fingerprint density at radius 2 is 1.86 bits per heavy atom. The number of pyridine rings is 1. The summed E-state index contributed by atoms with van der Waals surface area (Å²) in [6.45, 7) is 0.335. The minimum Gasteiger partial charge on any atom is -0.508 e. The van der Waals surface area contributed by atoms with Crippen molar-refractivity contribution in [2.24, 2.45) is 0 Å². The standard InChI is InChI=1S/C21H16N4O4/c26-18-7-15(16-6-17(12-22-11-16)20-25-24-13-28-20)8-19(9-18)29-21(27)23-10-14-4-2-1-3-5-14/h1-9,11-13,26H,10H2,(H,23,27). The number of phenols is 1. The molecule has 4 aromatic rings. The number of carbonyl (C=O) groups is 1. The lowest BCUT2D eigenvalue weighted by atomic mass is 10.1. The highest BCUT2D eigenvalue weighted by molar-refractivity contribution is 5.74. The lowest BCUT2D eigenvalue weighted by Crippen LogP contribution is -2.26. The number of aromatic nitrogens is 3. The summed E-state index contributed by atoms with van der Waals surface area (Å²) < 4.78 is 10.5. The van der Waals surface area contributed by atoms with Gasteiger partial charge in [-0.2, -0.15) is 0 Å². The van der Waals surface area contributed by atoms with Crippen LogP contribution in [0.1, 0.15) is 5.56 Å². The predicted molar refractivity (Wildman–Crippen MR) is 104 cm³/mol. The van der Waals surface area contributed by atoms with Crippen LogP contribution in [-0.2, 0) is 6.54 Å². The molecule has 2 aromatic heterocycles. The number of hydrogen-bond donors (Lipinski definition) is 2. The Balaban J connectivity index is 1.50. The lowest BCUT2D eigenvalue weighted by molar-refractivity contribution is 0.200. The smallest absolute Gasteiger partial charge is 0.412 e. The van der Waals surface area contributed by atoms with Crippen molar-refractivity contribution >= 4 is 6.09 Å². The van der Waals surface area contributed by atoms with E-state index in [0.717, 1.165) is 5.56 Å². The van der Waals surface area contributed by atoms with Gasteiger partial charge in [-0.1, -0.05) is 30.3 Å². The quantitative estimate of drug-likeness (QED) is 0.535. The van der Waals surface area contributed by atoms with Gasteiger partial charge in [0.15, 0.2) is 0 Å². The number of rotatable bonds is 5. The van der Waals surface area contributed by atoms with E-state index >= 15 is 0 Å². The van der Waals surface area contributed by atoms with Crippen LogP contribution in [0.2, 0.25) is 0 Å². The van der Waals surface area contributed by atoms with Crippen LogP contribution in [0.25, 0.3) is 22.6 Å². The molecule has 0 bridgehead atoms. The Labute approximate surface area is 165 Å². The largest absolute Gasteiger partial charge is 0.508 e. The Morgan fingerprint density at radius 1 is 1.03 bits per heavy atom. The second-order valence-corrected chi connectivity index (χ2v) is 6.15. The third-order valence-corrected chi connectivity index (χ3v) is 4.06. The van der Waals surface area contributed by atoms with Crippen LogP contribution in [0.5, 0.6) is 11.5 Å². The van der Waals surface area contributed by atoms with Crippen molar-refractivity contribution in [2.75, 3.05) is 0 Å². The first kappa shape index (κ1) is 18.2. The van der Waals surface area contributed by atoms with Crippen molar-refractivity contribution in [3.63, 3.8) is 0 Å². The van der Waals surface area contributed by atoms with Crippen LogP contribution in [0.4, 0.5) is 4.79 Å². The van der Waals surface area contributed by atoms with E-state index in [9.17, 15) is 9.90 Å². The van der Waals surface area contributed by atoms with E-state index in [1.165, 1.54) is 12.5 Å². The van der Waals surface area contributed by atoms with E-state index in [1.807, 2.05) is 30.3 Å². The van der Waals surface area contributed by atoms with E-state index in [0.29, 0.717) is 29.1 Å². The van der Waals surface area contributed by atoms with E-state index in [4.69, 9.17) is 9.15 Å². The highest BCUT2D eigenvalue weighted by Crippen LogP contribution is 2.30. The molecule has 0 saturated carbocycles. The molecule has 4 rings (SSSR count). The number of phenolic OH excluding ortho intramolecular Hbond substituents is 1. The fourth-order valence-corrected chi connectivity index (χ4v) is 2.74. The monoisotopic (exact) mass is 388 g/mol. The Morgan fingerprint density at radius 3 is 2.66 bits per heavy atom. The predicted octanol–water partition coefficient (Wildman–Crippen LogP) is 3.79. The number of nitrogens with one attached hydrogen (secondary N) is 1. The second kappa shape index (κ2) is 8.22. The molecule has 144 valence electrons. The molecule has 29 heavy (non-hydrogen) atoms. The van der Waals surface area contributed by atoms with Crippen LogP contribution in [-0.4, -0.2) is 26.4 Å². The number of ether oxygens (including phenoxy) is 1. The summed E-state index contributed by atoms with van der Waals surface area (Å²) in [6.07, 6.45) is 3.82. The molecule has 8 heteroatoms. The number of amides is 1. The minimum absolute atomic E-state index is 0.0449. The maximum atomic E-state index is 12.1. The zero-order chi connectivity index (χ0) is 20.1. The maximum absolute atomic E-state index is 12.1. The number of nitrogens with zero attached hydrogens (tertiary/aromatic N) is 3. The third kappa shape index (κ3) is 4.56. The summed E-state index contributed by atoms with van der Waals surface area (Å²) >= 11 is 0. The zero-order valence-electron chi connectivity index (χ0n) is 15.1. The molecule has 0 aliphatic heterocycles. The van der Waals surface area contributed by atoms with Gasteiger partial charge in [0.2, 0.25) is 12.3 Å². The van der Waals surface area contributed by atoms with Crippen LogP contribution >= 0.6 is 0 Å². The first-order chi connectivity index (χ1) is 14.2. The Hall–Kier alpha value is -4.20. The number of aromatic hydroxyl groups is 1. The van der Waals surface area contributed by atoms with Crippen LogP contribution in [0, 0.1) is 0 Å². The van der Waals surface area contributed by atoms with Crippen LogP contribution < -0.4 is 10.1 Å². The molecular formula is C21H16N4O4. The van der Waals surface area contributed by atoms with E-state index < -0.39 is 6.09 Å². The van der Waals surface area contributed by atoms with Crippen LogP contribution in [0.3, 0.4) is 0 Å². The van der Waals surface area contributed by atoms with Crippen molar-refractivity contribution < 1.29 is 19.1 Å². The molecule has 2 N–H and O–H groups in total. The van der Waals surface area contributed by atoms with Gasteiger partial charge in [0.25, 0.3) is 0 Å². The molecule has 2 aromatic carbocycles. The average molecular weight is 388 g/mol. The second-order valence-electron chi connectivity index (χ2n) is 6.15. The molecule has 2 heterocycles. The normalized spacial score (nSPS) is 10.5. The van der Waals surface area contributed by atoms with Gasteiger partial charge < -0.3 is 19.6 Å². The molecule has 0 aliphatic carbocycles. The summed E-state index contributed by atoms with van der Waals surface area (Å²) in [5.74, 6) is 0.488. The van der Waals surface area contributed by atoms with Crippen molar-refractivity contribution in [1.29, 1.82) is 0 Å². The molecule has 0 atom stereocenters. The molecule has 0 radical (unpaired) electrons. The van der Waals surface area contributed by atoms with Crippen LogP contribution in [0.15, 0.2) is 77.8 Å². The van der Waals surface area contributed by atoms with E-state index in [1.54, 1.807) is 30.6 Å². The molecular weight excluding hydrogens is 372 g/mol. The fraction of sp³-hybridized carbons (Fsp3) is 0.0476. The molecule has 0 unspecified atom stereocenters. The first-order valence-corrected chi connectivity index (χ1v) is 8.73. The lowest BCUT2D eigenvalue weighted by Gasteiger charge is -2.09. The number of carbonyl (C=O) groups excluding carboxylic acids is 1. The zero-order valence-corrected chi connectivity index (χ0v) is 15.1.